The van der Waals surface area contributed by atoms with Crippen molar-refractivity contribution in [2.24, 2.45) is 35.5 Å². The zero-order valence-electron chi connectivity index (χ0n) is 16.1. The average Bonchev–Trinajstić information content (AvgIpc) is 3.49. The summed E-state index contributed by atoms with van der Waals surface area (Å²) in [6.45, 7) is 0.926. The number of amides is 2. The van der Waals surface area contributed by atoms with Crippen molar-refractivity contribution in [2.45, 2.75) is 19.4 Å². The number of hydrogen-bond donors (Lipinski definition) is 0. The average molecular weight is 448 g/mol. The van der Waals surface area contributed by atoms with E-state index in [1.807, 2.05) is 0 Å². The summed E-state index contributed by atoms with van der Waals surface area (Å²) >= 11 is 11.8. The van der Waals surface area contributed by atoms with E-state index in [9.17, 15) is 19.2 Å². The Morgan fingerprint density at radius 1 is 1.10 bits per heavy atom. The predicted octanol–water partition coefficient (Wildman–Crippen LogP) is 3.16. The third kappa shape index (κ3) is 2.84. The van der Waals surface area contributed by atoms with Crippen LogP contribution >= 0.6 is 23.2 Å². The molecule has 5 aliphatic rings. The number of likely N-dealkylation sites (tertiary alicyclic amines) is 1. The highest BCUT2D eigenvalue weighted by Gasteiger charge is 2.67. The van der Waals surface area contributed by atoms with Gasteiger partial charge >= 0.3 is 5.97 Å². The van der Waals surface area contributed by atoms with E-state index in [1.54, 1.807) is 0 Å². The highest BCUT2D eigenvalue weighted by Crippen LogP contribution is 2.65. The number of Topliss-reactive ketones (excluding diaryl/α,β-unsaturated/α-hetero) is 1. The fraction of sp³-hybridized carbons (Fsp3) is 0.455. The lowest BCUT2D eigenvalue weighted by Crippen LogP contribution is -2.45. The van der Waals surface area contributed by atoms with Crippen LogP contribution in [0.2, 0.25) is 10.0 Å². The molecular weight excluding hydrogens is 429 g/mol. The summed E-state index contributed by atoms with van der Waals surface area (Å²) in [6, 6.07) is 3.31. The third-order valence-electron chi connectivity index (χ3n) is 7.00. The van der Waals surface area contributed by atoms with E-state index in [0.29, 0.717) is 16.9 Å². The Hall–Kier alpha value is -2.18. The van der Waals surface area contributed by atoms with Crippen molar-refractivity contribution in [1.82, 2.24) is 4.90 Å². The van der Waals surface area contributed by atoms with E-state index in [1.165, 1.54) is 25.1 Å². The first-order chi connectivity index (χ1) is 14.3. The second-order valence-electron chi connectivity index (χ2n) is 8.53. The number of esters is 1. The van der Waals surface area contributed by atoms with Gasteiger partial charge in [0.1, 0.15) is 6.04 Å². The summed E-state index contributed by atoms with van der Waals surface area (Å²) in [5.74, 6) is -1.48. The molecule has 156 valence electrons. The highest BCUT2D eigenvalue weighted by atomic mass is 35.5. The van der Waals surface area contributed by atoms with Crippen molar-refractivity contribution in [3.05, 3.63) is 46.0 Å². The number of nitrogens with zero attached hydrogens (tertiary/aromatic N) is 1. The van der Waals surface area contributed by atoms with Crippen LogP contribution in [-0.4, -0.2) is 41.1 Å². The fourth-order valence-electron chi connectivity index (χ4n) is 5.52. The molecule has 2 bridgehead atoms. The molecule has 0 aromatic heterocycles. The molecule has 4 aliphatic carbocycles. The molecule has 1 heterocycles. The summed E-state index contributed by atoms with van der Waals surface area (Å²) in [7, 11) is 0. The molecule has 2 saturated carbocycles. The Morgan fingerprint density at radius 2 is 1.70 bits per heavy atom. The van der Waals surface area contributed by atoms with Crippen molar-refractivity contribution in [3.63, 3.8) is 0 Å². The maximum atomic E-state index is 13.1. The van der Waals surface area contributed by atoms with E-state index < -0.39 is 24.4 Å². The third-order valence-corrected chi connectivity index (χ3v) is 7.55. The standard InChI is InChI=1S/C22H19Cl2NO5/c1-9(22(29)30-8-17(26)13-3-2-10(23)6-16(13)24)25-20(27)18-11-4-5-12(15-7-14(11)15)19(18)21(25)28/h2-6,9,11-12,14-15,18-19H,7-8H2,1H3/t9-,11+,12+,14+,15+,18-,19+/m0/s1. The van der Waals surface area contributed by atoms with Gasteiger partial charge in [-0.3, -0.25) is 19.3 Å². The number of ether oxygens (including phenoxy) is 1. The van der Waals surface area contributed by atoms with Crippen LogP contribution in [0.25, 0.3) is 0 Å². The van der Waals surface area contributed by atoms with E-state index in [0.717, 1.165) is 11.3 Å². The van der Waals surface area contributed by atoms with Crippen LogP contribution in [0, 0.1) is 35.5 Å². The van der Waals surface area contributed by atoms with Gasteiger partial charge in [-0.05, 0) is 55.2 Å². The van der Waals surface area contributed by atoms with Crippen LogP contribution < -0.4 is 0 Å². The summed E-state index contributed by atoms with van der Waals surface area (Å²) in [6.07, 6.45) is 5.22. The smallest absolute Gasteiger partial charge is 0.329 e. The Morgan fingerprint density at radius 3 is 2.27 bits per heavy atom. The van der Waals surface area contributed by atoms with Crippen molar-refractivity contribution >= 4 is 46.8 Å². The molecule has 8 heteroatoms. The zero-order chi connectivity index (χ0) is 21.3. The molecule has 7 atom stereocenters. The maximum absolute atomic E-state index is 13.1. The topological polar surface area (TPSA) is 80.8 Å². The van der Waals surface area contributed by atoms with Gasteiger partial charge in [0.05, 0.1) is 16.9 Å². The van der Waals surface area contributed by atoms with Gasteiger partial charge in [0.2, 0.25) is 17.6 Å². The first-order valence-corrected chi connectivity index (χ1v) is 10.8. The molecule has 0 spiro atoms. The lowest BCUT2D eigenvalue weighted by Gasteiger charge is -2.37. The van der Waals surface area contributed by atoms with Crippen LogP contribution in [0.5, 0.6) is 0 Å². The number of carbonyl (C=O) groups excluding carboxylic acids is 4. The highest BCUT2D eigenvalue weighted by molar-refractivity contribution is 6.36. The maximum Gasteiger partial charge on any atom is 0.329 e. The first-order valence-electron chi connectivity index (χ1n) is 9.99. The minimum absolute atomic E-state index is 0.0864. The van der Waals surface area contributed by atoms with Crippen LogP contribution in [0.3, 0.4) is 0 Å². The summed E-state index contributed by atoms with van der Waals surface area (Å²) < 4.78 is 5.13. The van der Waals surface area contributed by atoms with Gasteiger partial charge in [0.15, 0.2) is 6.61 Å². The molecular formula is C22H19Cl2NO5. The number of carbonyl (C=O) groups is 4. The lowest BCUT2D eigenvalue weighted by atomic mass is 9.63. The molecule has 1 aliphatic heterocycles. The predicted molar refractivity (Wildman–Crippen MR) is 108 cm³/mol. The number of hydrogen-bond acceptors (Lipinski definition) is 5. The first kappa shape index (κ1) is 19.8. The lowest BCUT2D eigenvalue weighted by molar-refractivity contribution is -0.157. The van der Waals surface area contributed by atoms with Crippen molar-refractivity contribution in [3.8, 4) is 0 Å². The second kappa shape index (κ2) is 6.92. The molecule has 2 amide bonds. The molecule has 6 rings (SSSR count). The molecule has 0 radical (unpaired) electrons. The molecule has 1 saturated heterocycles. The molecule has 6 nitrogen and oxygen atoms in total. The largest absolute Gasteiger partial charge is 0.456 e. The minimum Gasteiger partial charge on any atom is -0.456 e. The van der Waals surface area contributed by atoms with Crippen molar-refractivity contribution in [1.29, 1.82) is 0 Å². The van der Waals surface area contributed by atoms with Gasteiger partial charge in [-0.25, -0.2) is 4.79 Å². The van der Waals surface area contributed by atoms with Crippen LogP contribution in [-0.2, 0) is 19.1 Å². The second-order valence-corrected chi connectivity index (χ2v) is 9.38. The summed E-state index contributed by atoms with van der Waals surface area (Å²) in [5.41, 5.74) is 0.183. The van der Waals surface area contributed by atoms with Crippen LogP contribution in [0.4, 0.5) is 0 Å². The van der Waals surface area contributed by atoms with E-state index in [2.05, 4.69) is 12.2 Å². The number of rotatable bonds is 5. The molecule has 30 heavy (non-hydrogen) atoms. The number of ketones is 1. The van der Waals surface area contributed by atoms with E-state index >= 15 is 0 Å². The summed E-state index contributed by atoms with van der Waals surface area (Å²) in [5, 5.41) is 0.544. The van der Waals surface area contributed by atoms with Crippen LogP contribution in [0.1, 0.15) is 23.7 Å². The van der Waals surface area contributed by atoms with Gasteiger partial charge in [-0.2, -0.15) is 0 Å². The normalized spacial score (nSPS) is 33.9. The molecule has 0 unspecified atom stereocenters. The molecule has 3 fully saturated rings. The SMILES string of the molecule is C[C@@H](C(=O)OCC(=O)c1ccc(Cl)cc1Cl)N1C(=O)[C@@H]2[C@@H]3C=C[C@H]([C@H]4C[C@H]34)[C@@H]2C1=O. The quantitative estimate of drug-likeness (QED) is 0.299. The van der Waals surface area contributed by atoms with Gasteiger partial charge < -0.3 is 4.74 Å². The monoisotopic (exact) mass is 447 g/mol. The Bertz CT molecular complexity index is 985. The van der Waals surface area contributed by atoms with Gasteiger partial charge in [-0.15, -0.1) is 0 Å². The van der Waals surface area contributed by atoms with E-state index in [-0.39, 0.29) is 46.1 Å². The van der Waals surface area contributed by atoms with Crippen molar-refractivity contribution < 1.29 is 23.9 Å². The minimum atomic E-state index is -1.08. The van der Waals surface area contributed by atoms with Crippen LogP contribution in [0.15, 0.2) is 30.4 Å². The number of benzene rings is 1. The number of imide groups is 1. The Kier molecular flexibility index (Phi) is 4.56. The Balaban J connectivity index is 1.27. The zero-order valence-corrected chi connectivity index (χ0v) is 17.6. The number of halogens is 2. The fourth-order valence-corrected chi connectivity index (χ4v) is 6.03. The van der Waals surface area contributed by atoms with Gasteiger partial charge in [-0.1, -0.05) is 35.4 Å². The molecule has 0 N–H and O–H groups in total. The Labute approximate surface area is 183 Å². The number of allylic oxidation sites excluding steroid dienone is 2. The van der Waals surface area contributed by atoms with Crippen molar-refractivity contribution in [2.75, 3.05) is 6.61 Å². The molecule has 1 aromatic rings. The van der Waals surface area contributed by atoms with Gasteiger partial charge in [0, 0.05) is 10.6 Å². The van der Waals surface area contributed by atoms with E-state index in [4.69, 9.17) is 27.9 Å². The summed E-state index contributed by atoms with van der Waals surface area (Å²) in [4.78, 5) is 52.1. The molecule has 1 aromatic carbocycles. The van der Waals surface area contributed by atoms with Gasteiger partial charge in [0.25, 0.3) is 0 Å².